The Morgan fingerprint density at radius 1 is 1.64 bits per heavy atom. The van der Waals surface area contributed by atoms with E-state index in [9.17, 15) is 4.79 Å². The number of nitrogens with one attached hydrogen (secondary N) is 2. The number of aromatic amines is 1. The van der Waals surface area contributed by atoms with Crippen molar-refractivity contribution in [1.82, 2.24) is 4.98 Å². The van der Waals surface area contributed by atoms with E-state index in [-0.39, 0.29) is 0 Å². The Bertz CT molecular complexity index is 349. The van der Waals surface area contributed by atoms with Gasteiger partial charge >= 0.3 is 5.76 Å². The fourth-order valence-electron chi connectivity index (χ4n) is 1.57. The third-order valence-corrected chi connectivity index (χ3v) is 2.42. The number of H-pyrrole nitrogens is 1. The number of hydrogen-bond donors (Lipinski definition) is 2. The van der Waals surface area contributed by atoms with Crippen molar-refractivity contribution in [1.29, 1.82) is 0 Å². The molecule has 0 radical (unpaired) electrons. The molecule has 0 amide bonds. The van der Waals surface area contributed by atoms with Gasteiger partial charge in [0.05, 0.1) is 6.61 Å². The molecule has 1 aromatic rings. The van der Waals surface area contributed by atoms with Gasteiger partial charge < -0.3 is 14.5 Å². The van der Waals surface area contributed by atoms with Crippen LogP contribution >= 0.6 is 0 Å². The van der Waals surface area contributed by atoms with Gasteiger partial charge in [0.25, 0.3) is 0 Å². The van der Waals surface area contributed by atoms with Gasteiger partial charge in [-0.1, -0.05) is 0 Å². The highest BCUT2D eigenvalue weighted by Crippen LogP contribution is 2.14. The van der Waals surface area contributed by atoms with Crippen molar-refractivity contribution in [2.24, 2.45) is 5.92 Å². The molecule has 0 aliphatic carbocycles. The normalized spacial score (nSPS) is 21.4. The number of oxazole rings is 1. The second-order valence-corrected chi connectivity index (χ2v) is 3.56. The van der Waals surface area contributed by atoms with E-state index in [1.54, 1.807) is 6.92 Å². The fraction of sp³-hybridized carbons (Fsp3) is 0.667. The Morgan fingerprint density at radius 2 is 2.50 bits per heavy atom. The van der Waals surface area contributed by atoms with Crippen LogP contribution in [-0.2, 0) is 4.74 Å². The Balaban J connectivity index is 1.90. The van der Waals surface area contributed by atoms with Gasteiger partial charge in [-0.15, -0.1) is 0 Å². The van der Waals surface area contributed by atoms with E-state index in [2.05, 4.69) is 10.3 Å². The highest BCUT2D eigenvalue weighted by Gasteiger charge is 2.16. The summed E-state index contributed by atoms with van der Waals surface area (Å²) in [6.07, 6.45) is 1.08. The molecule has 2 N–H and O–H groups in total. The van der Waals surface area contributed by atoms with Gasteiger partial charge in [0, 0.05) is 19.1 Å². The van der Waals surface area contributed by atoms with Gasteiger partial charge in [0.15, 0.2) is 0 Å². The molecule has 2 heterocycles. The van der Waals surface area contributed by atoms with Crippen LogP contribution in [0.25, 0.3) is 0 Å². The average molecular weight is 198 g/mol. The SMILES string of the molecule is Cc1oc(=O)[nH]c1NCC1CCOC1. The third kappa shape index (κ3) is 1.98. The molecular formula is C9H14N2O3. The van der Waals surface area contributed by atoms with Crippen molar-refractivity contribution in [3.8, 4) is 0 Å². The van der Waals surface area contributed by atoms with Crippen LogP contribution in [0.2, 0.25) is 0 Å². The number of hydrogen-bond acceptors (Lipinski definition) is 4. The molecule has 1 atom stereocenters. The highest BCUT2D eigenvalue weighted by molar-refractivity contribution is 5.36. The Morgan fingerprint density at radius 3 is 3.07 bits per heavy atom. The molecule has 5 nitrogen and oxygen atoms in total. The summed E-state index contributed by atoms with van der Waals surface area (Å²) in [5, 5.41) is 3.15. The van der Waals surface area contributed by atoms with Crippen LogP contribution in [0.3, 0.4) is 0 Å². The Kier molecular flexibility index (Phi) is 2.58. The minimum Gasteiger partial charge on any atom is -0.411 e. The second-order valence-electron chi connectivity index (χ2n) is 3.56. The van der Waals surface area contributed by atoms with E-state index in [1.165, 1.54) is 0 Å². The highest BCUT2D eigenvalue weighted by atomic mass is 16.5. The van der Waals surface area contributed by atoms with E-state index in [1.807, 2.05) is 0 Å². The van der Waals surface area contributed by atoms with Gasteiger partial charge in [-0.25, -0.2) is 4.79 Å². The molecule has 2 rings (SSSR count). The number of aryl methyl sites for hydroxylation is 1. The molecule has 5 heteroatoms. The van der Waals surface area contributed by atoms with Gasteiger partial charge in [-0.2, -0.15) is 0 Å². The van der Waals surface area contributed by atoms with E-state index in [0.29, 0.717) is 17.5 Å². The summed E-state index contributed by atoms with van der Waals surface area (Å²) in [5.74, 6) is 1.41. The minimum absolute atomic E-state index is 0.410. The van der Waals surface area contributed by atoms with Gasteiger partial charge in [0.2, 0.25) is 0 Å². The van der Waals surface area contributed by atoms with E-state index < -0.39 is 5.76 Å². The largest absolute Gasteiger partial charge is 0.418 e. The summed E-state index contributed by atoms with van der Waals surface area (Å²) in [6, 6.07) is 0. The zero-order chi connectivity index (χ0) is 9.97. The van der Waals surface area contributed by atoms with Crippen LogP contribution in [0.4, 0.5) is 5.82 Å². The molecule has 0 saturated carbocycles. The number of rotatable bonds is 3. The molecule has 1 fully saturated rings. The van der Waals surface area contributed by atoms with Crippen molar-refractivity contribution < 1.29 is 9.15 Å². The van der Waals surface area contributed by atoms with Crippen molar-refractivity contribution in [3.63, 3.8) is 0 Å². The lowest BCUT2D eigenvalue weighted by Crippen LogP contribution is -2.15. The van der Waals surface area contributed by atoms with Crippen LogP contribution in [0.5, 0.6) is 0 Å². The van der Waals surface area contributed by atoms with Crippen LogP contribution in [0.15, 0.2) is 9.21 Å². The van der Waals surface area contributed by atoms with E-state index in [0.717, 1.165) is 26.2 Å². The summed E-state index contributed by atoms with van der Waals surface area (Å²) in [7, 11) is 0. The molecule has 1 aliphatic rings. The number of ether oxygens (including phenoxy) is 1. The zero-order valence-electron chi connectivity index (χ0n) is 8.13. The molecule has 1 aromatic heterocycles. The predicted octanol–water partition coefficient (Wildman–Crippen LogP) is 0.725. The lowest BCUT2D eigenvalue weighted by Gasteiger charge is -2.08. The van der Waals surface area contributed by atoms with Crippen LogP contribution in [0.1, 0.15) is 12.2 Å². The van der Waals surface area contributed by atoms with Gasteiger partial charge in [-0.3, -0.25) is 4.98 Å². The van der Waals surface area contributed by atoms with Gasteiger partial charge in [-0.05, 0) is 13.3 Å². The molecule has 0 aromatic carbocycles. The topological polar surface area (TPSA) is 67.3 Å². The number of anilines is 1. The van der Waals surface area contributed by atoms with Gasteiger partial charge in [0.1, 0.15) is 11.6 Å². The van der Waals surface area contributed by atoms with E-state index >= 15 is 0 Å². The standard InChI is InChI=1S/C9H14N2O3/c1-6-8(11-9(12)14-6)10-4-7-2-3-13-5-7/h7,10H,2-5H2,1H3,(H,11,12). The van der Waals surface area contributed by atoms with Crippen molar-refractivity contribution in [3.05, 3.63) is 16.3 Å². The molecule has 14 heavy (non-hydrogen) atoms. The lowest BCUT2D eigenvalue weighted by atomic mass is 10.1. The molecule has 1 aliphatic heterocycles. The Hall–Kier alpha value is -1.23. The summed E-state index contributed by atoms with van der Waals surface area (Å²) < 4.78 is 10.1. The third-order valence-electron chi connectivity index (χ3n) is 2.42. The molecule has 78 valence electrons. The average Bonchev–Trinajstić information content (AvgIpc) is 2.72. The molecule has 1 unspecified atom stereocenters. The molecule has 0 bridgehead atoms. The first-order chi connectivity index (χ1) is 6.75. The first kappa shape index (κ1) is 9.33. The summed E-state index contributed by atoms with van der Waals surface area (Å²) in [5.41, 5.74) is 0. The lowest BCUT2D eigenvalue weighted by molar-refractivity contribution is 0.187. The fourth-order valence-corrected chi connectivity index (χ4v) is 1.57. The zero-order valence-corrected chi connectivity index (χ0v) is 8.13. The van der Waals surface area contributed by atoms with Crippen LogP contribution in [-0.4, -0.2) is 24.7 Å². The molecule has 0 spiro atoms. The van der Waals surface area contributed by atoms with Crippen molar-refractivity contribution in [2.45, 2.75) is 13.3 Å². The van der Waals surface area contributed by atoms with Crippen molar-refractivity contribution >= 4 is 5.82 Å². The maximum Gasteiger partial charge on any atom is 0.418 e. The smallest absolute Gasteiger partial charge is 0.411 e. The Labute approximate surface area is 81.5 Å². The quantitative estimate of drug-likeness (QED) is 0.751. The summed E-state index contributed by atoms with van der Waals surface area (Å²) >= 11 is 0. The van der Waals surface area contributed by atoms with Crippen LogP contribution < -0.4 is 11.1 Å². The second kappa shape index (κ2) is 3.88. The monoisotopic (exact) mass is 198 g/mol. The maximum absolute atomic E-state index is 10.8. The predicted molar refractivity (Wildman–Crippen MR) is 51.5 cm³/mol. The van der Waals surface area contributed by atoms with E-state index in [4.69, 9.17) is 9.15 Å². The first-order valence-electron chi connectivity index (χ1n) is 4.77. The van der Waals surface area contributed by atoms with Crippen molar-refractivity contribution in [2.75, 3.05) is 25.1 Å². The summed E-state index contributed by atoms with van der Waals surface area (Å²) in [6.45, 7) is 4.21. The number of aromatic nitrogens is 1. The molecular weight excluding hydrogens is 184 g/mol. The minimum atomic E-state index is -0.410. The first-order valence-corrected chi connectivity index (χ1v) is 4.77. The molecule has 1 saturated heterocycles. The summed E-state index contributed by atoms with van der Waals surface area (Å²) in [4.78, 5) is 13.4. The van der Waals surface area contributed by atoms with Crippen LogP contribution in [0, 0.1) is 12.8 Å². The maximum atomic E-state index is 10.8.